The first-order valence-corrected chi connectivity index (χ1v) is 10.6. The number of nitrogens with zero attached hydrogens (tertiary/aromatic N) is 2. The molecule has 0 unspecified atom stereocenters. The highest BCUT2D eigenvalue weighted by atomic mass is 35.5. The maximum Gasteiger partial charge on any atom is 0.250 e. The predicted molar refractivity (Wildman–Crippen MR) is 115 cm³/mol. The van der Waals surface area contributed by atoms with Gasteiger partial charge in [0.25, 0.3) is 5.91 Å². The number of carbonyl (C=O) groups excluding carboxylic acids is 1. The molecule has 0 atom stereocenters. The van der Waals surface area contributed by atoms with E-state index in [1.807, 2.05) is 41.8 Å². The molecule has 0 aliphatic rings. The number of carbonyl (C=O) groups is 1. The van der Waals surface area contributed by atoms with Crippen LogP contribution in [-0.2, 0) is 11.2 Å². The highest BCUT2D eigenvalue weighted by Crippen LogP contribution is 2.28. The van der Waals surface area contributed by atoms with E-state index in [1.54, 1.807) is 6.21 Å². The number of aromatic nitrogens is 1. The summed E-state index contributed by atoms with van der Waals surface area (Å²) in [5.41, 5.74) is 6.66. The van der Waals surface area contributed by atoms with E-state index in [9.17, 15) is 4.79 Å². The molecule has 7 heteroatoms. The third kappa shape index (κ3) is 5.92. The molecule has 0 fully saturated rings. The molecule has 4 nitrogen and oxygen atoms in total. The number of rotatable bonds is 7. The highest BCUT2D eigenvalue weighted by Gasteiger charge is 2.07. The Bertz CT molecular complexity index is 921. The molecule has 3 rings (SSSR count). The molecular formula is C20H18ClN3OS2. The molecule has 1 heterocycles. The monoisotopic (exact) mass is 415 g/mol. The number of halogens is 1. The first kappa shape index (κ1) is 19.6. The van der Waals surface area contributed by atoms with Crippen LogP contribution in [0.15, 0.2) is 63.4 Å². The average Bonchev–Trinajstić information content (AvgIpc) is 3.16. The van der Waals surface area contributed by atoms with Crippen molar-refractivity contribution in [2.24, 2.45) is 5.10 Å². The summed E-state index contributed by atoms with van der Waals surface area (Å²) >= 11 is 8.81. The Morgan fingerprint density at radius 3 is 2.67 bits per heavy atom. The molecule has 0 saturated carbocycles. The van der Waals surface area contributed by atoms with Crippen molar-refractivity contribution in [1.82, 2.24) is 10.4 Å². The fourth-order valence-electron chi connectivity index (χ4n) is 2.25. The van der Waals surface area contributed by atoms with Crippen molar-refractivity contribution in [3.8, 4) is 11.3 Å². The predicted octanol–water partition coefficient (Wildman–Crippen LogP) is 5.27. The number of thiazole rings is 1. The SMILES string of the molecule is CCc1ccc(/C=N\NC(=O)CSc2nc(-c3ccc(Cl)cc3)cs2)cc1. The van der Waals surface area contributed by atoms with E-state index < -0.39 is 0 Å². The third-order valence-electron chi connectivity index (χ3n) is 3.74. The normalized spacial score (nSPS) is 11.0. The van der Waals surface area contributed by atoms with Crippen LogP contribution in [0.3, 0.4) is 0 Å². The Hall–Kier alpha value is -2.15. The quantitative estimate of drug-likeness (QED) is 0.325. The van der Waals surface area contributed by atoms with Gasteiger partial charge >= 0.3 is 0 Å². The summed E-state index contributed by atoms with van der Waals surface area (Å²) < 4.78 is 0.842. The van der Waals surface area contributed by atoms with Gasteiger partial charge in [0, 0.05) is 16.0 Å². The second-order valence-corrected chi connectivity index (χ2v) is 8.20. The van der Waals surface area contributed by atoms with Gasteiger partial charge in [0.2, 0.25) is 0 Å². The molecule has 0 saturated heterocycles. The Labute approximate surface area is 171 Å². The minimum atomic E-state index is -0.162. The number of benzene rings is 2. The molecule has 1 amide bonds. The lowest BCUT2D eigenvalue weighted by molar-refractivity contribution is -0.118. The lowest BCUT2D eigenvalue weighted by Gasteiger charge is -1.99. The third-order valence-corrected chi connectivity index (χ3v) is 6.01. The Morgan fingerprint density at radius 2 is 1.96 bits per heavy atom. The number of hydrazone groups is 1. The summed E-state index contributed by atoms with van der Waals surface area (Å²) in [7, 11) is 0. The summed E-state index contributed by atoms with van der Waals surface area (Å²) in [4.78, 5) is 16.5. The number of thioether (sulfide) groups is 1. The zero-order valence-corrected chi connectivity index (χ0v) is 17.1. The van der Waals surface area contributed by atoms with Gasteiger partial charge in [-0.3, -0.25) is 4.79 Å². The number of amides is 1. The lowest BCUT2D eigenvalue weighted by Crippen LogP contribution is -2.19. The van der Waals surface area contributed by atoms with E-state index in [0.29, 0.717) is 5.02 Å². The second kappa shape index (κ2) is 9.69. The van der Waals surface area contributed by atoms with Crippen molar-refractivity contribution in [3.63, 3.8) is 0 Å². The van der Waals surface area contributed by atoms with Crippen LogP contribution < -0.4 is 5.43 Å². The molecule has 138 valence electrons. The second-order valence-electron chi connectivity index (χ2n) is 5.68. The first-order chi connectivity index (χ1) is 13.1. The number of hydrogen-bond acceptors (Lipinski definition) is 5. The van der Waals surface area contributed by atoms with E-state index in [0.717, 1.165) is 27.6 Å². The van der Waals surface area contributed by atoms with Gasteiger partial charge in [0.05, 0.1) is 17.7 Å². The van der Waals surface area contributed by atoms with Crippen molar-refractivity contribution in [1.29, 1.82) is 0 Å². The summed E-state index contributed by atoms with van der Waals surface area (Å²) in [5, 5.41) is 6.67. The molecule has 0 aliphatic carbocycles. The fraction of sp³-hybridized carbons (Fsp3) is 0.150. The van der Waals surface area contributed by atoms with Crippen LogP contribution in [0.5, 0.6) is 0 Å². The van der Waals surface area contributed by atoms with Crippen LogP contribution in [0, 0.1) is 0 Å². The van der Waals surface area contributed by atoms with Crippen LogP contribution in [0.2, 0.25) is 5.02 Å². The Balaban J connectivity index is 1.47. The molecule has 0 bridgehead atoms. The number of nitrogens with one attached hydrogen (secondary N) is 1. The van der Waals surface area contributed by atoms with Gasteiger partial charge in [0.15, 0.2) is 4.34 Å². The molecule has 3 aromatic rings. The number of hydrogen-bond donors (Lipinski definition) is 1. The summed E-state index contributed by atoms with van der Waals surface area (Å²) in [6.07, 6.45) is 2.64. The van der Waals surface area contributed by atoms with Crippen LogP contribution >= 0.6 is 34.7 Å². The van der Waals surface area contributed by atoms with Crippen molar-refractivity contribution < 1.29 is 4.79 Å². The van der Waals surface area contributed by atoms with E-state index in [-0.39, 0.29) is 11.7 Å². The van der Waals surface area contributed by atoms with Crippen LogP contribution in [-0.4, -0.2) is 22.9 Å². The maximum atomic E-state index is 11.9. The first-order valence-electron chi connectivity index (χ1n) is 8.39. The van der Waals surface area contributed by atoms with E-state index in [2.05, 4.69) is 34.6 Å². The van der Waals surface area contributed by atoms with E-state index >= 15 is 0 Å². The molecule has 1 N–H and O–H groups in total. The summed E-state index contributed by atoms with van der Waals surface area (Å²) in [5.74, 6) is 0.101. The molecular weight excluding hydrogens is 398 g/mol. The smallest absolute Gasteiger partial charge is 0.250 e. The van der Waals surface area contributed by atoms with Gasteiger partial charge in [-0.25, -0.2) is 10.4 Å². The molecule has 27 heavy (non-hydrogen) atoms. The molecule has 0 aliphatic heterocycles. The Kier molecular flexibility index (Phi) is 7.04. The van der Waals surface area contributed by atoms with Crippen LogP contribution in [0.1, 0.15) is 18.1 Å². The highest BCUT2D eigenvalue weighted by molar-refractivity contribution is 8.01. The maximum absolute atomic E-state index is 11.9. The summed E-state index contributed by atoms with van der Waals surface area (Å²) in [6, 6.07) is 15.6. The fourth-order valence-corrected chi connectivity index (χ4v) is 4.01. The Morgan fingerprint density at radius 1 is 1.22 bits per heavy atom. The molecule has 0 radical (unpaired) electrons. The largest absolute Gasteiger partial charge is 0.272 e. The van der Waals surface area contributed by atoms with E-state index in [1.165, 1.54) is 28.7 Å². The van der Waals surface area contributed by atoms with Crippen LogP contribution in [0.25, 0.3) is 11.3 Å². The van der Waals surface area contributed by atoms with Gasteiger partial charge in [0.1, 0.15) is 0 Å². The minimum Gasteiger partial charge on any atom is -0.272 e. The van der Waals surface area contributed by atoms with E-state index in [4.69, 9.17) is 11.6 Å². The van der Waals surface area contributed by atoms with Crippen molar-refractivity contribution in [2.75, 3.05) is 5.75 Å². The zero-order chi connectivity index (χ0) is 19.1. The average molecular weight is 416 g/mol. The van der Waals surface area contributed by atoms with Gasteiger partial charge in [-0.1, -0.05) is 66.7 Å². The zero-order valence-electron chi connectivity index (χ0n) is 14.7. The lowest BCUT2D eigenvalue weighted by atomic mass is 10.1. The van der Waals surface area contributed by atoms with Crippen LogP contribution in [0.4, 0.5) is 0 Å². The molecule has 2 aromatic carbocycles. The van der Waals surface area contributed by atoms with Gasteiger partial charge in [-0.05, 0) is 29.7 Å². The van der Waals surface area contributed by atoms with Crippen molar-refractivity contribution in [2.45, 2.75) is 17.7 Å². The van der Waals surface area contributed by atoms with Gasteiger partial charge in [-0.2, -0.15) is 5.10 Å². The summed E-state index contributed by atoms with van der Waals surface area (Å²) in [6.45, 7) is 2.11. The van der Waals surface area contributed by atoms with Crippen molar-refractivity contribution >= 4 is 46.8 Å². The van der Waals surface area contributed by atoms with Crippen molar-refractivity contribution in [3.05, 3.63) is 70.1 Å². The van der Waals surface area contributed by atoms with Gasteiger partial charge < -0.3 is 0 Å². The molecule has 0 spiro atoms. The standard InChI is InChI=1S/C20H18ClN3OS2/c1-2-14-3-5-15(6-4-14)11-22-24-19(25)13-27-20-23-18(12-26-20)16-7-9-17(21)10-8-16/h3-12H,2,13H2,1H3,(H,24,25)/b22-11-. The topological polar surface area (TPSA) is 54.4 Å². The minimum absolute atomic E-state index is 0.162. The molecule has 1 aromatic heterocycles. The number of aryl methyl sites for hydroxylation is 1. The van der Waals surface area contributed by atoms with Gasteiger partial charge in [-0.15, -0.1) is 11.3 Å².